The lowest BCUT2D eigenvalue weighted by Gasteiger charge is -2.34. The highest BCUT2D eigenvalue weighted by molar-refractivity contribution is 7.20. The molecular weight excluding hydrogens is 444 g/mol. The van der Waals surface area contributed by atoms with Crippen LogP contribution in [-0.2, 0) is 4.79 Å². The second kappa shape index (κ2) is 9.56. The van der Waals surface area contributed by atoms with E-state index in [0.717, 1.165) is 65.7 Å². The summed E-state index contributed by atoms with van der Waals surface area (Å²) in [7, 11) is 0. The maximum absolute atomic E-state index is 12.7. The molecule has 5 rings (SSSR count). The maximum atomic E-state index is 12.7. The van der Waals surface area contributed by atoms with Gasteiger partial charge in [-0.25, -0.2) is 4.98 Å². The summed E-state index contributed by atoms with van der Waals surface area (Å²) < 4.78 is 1.95. The second-order valence-corrected chi connectivity index (χ2v) is 11.6. The highest BCUT2D eigenvalue weighted by Crippen LogP contribution is 2.35. The van der Waals surface area contributed by atoms with Crippen LogP contribution in [0.5, 0.6) is 0 Å². The maximum Gasteiger partial charge on any atom is 0.222 e. The molecular formula is C26H36N6OS. The number of hydrogen-bond donors (Lipinski definition) is 1. The van der Waals surface area contributed by atoms with Crippen molar-refractivity contribution in [3.63, 3.8) is 0 Å². The van der Waals surface area contributed by atoms with Crippen LogP contribution in [-0.4, -0.2) is 57.1 Å². The number of nitrogens with one attached hydrogen (secondary N) is 1. The summed E-state index contributed by atoms with van der Waals surface area (Å²) in [5, 5.41) is 9.55. The monoisotopic (exact) mass is 480 g/mol. The first-order valence-electron chi connectivity index (χ1n) is 12.6. The van der Waals surface area contributed by atoms with Crippen LogP contribution in [0.3, 0.4) is 0 Å². The van der Waals surface area contributed by atoms with Gasteiger partial charge in [0, 0.05) is 43.7 Å². The number of imidazole rings is 1. The molecule has 3 heterocycles. The average Bonchev–Trinajstić information content (AvgIpc) is 3.55. The summed E-state index contributed by atoms with van der Waals surface area (Å²) in [4.78, 5) is 22.9. The Hall–Kier alpha value is -2.61. The fourth-order valence-corrected chi connectivity index (χ4v) is 6.02. The Balaban J connectivity index is 1.29. The number of rotatable bonds is 6. The molecule has 0 spiro atoms. The van der Waals surface area contributed by atoms with Crippen molar-refractivity contribution in [1.29, 1.82) is 0 Å². The number of carbonyl (C=O) groups excluding carboxylic acids is 1. The molecule has 1 N–H and O–H groups in total. The van der Waals surface area contributed by atoms with Crippen LogP contribution in [0.15, 0.2) is 30.3 Å². The topological polar surface area (TPSA) is 65.8 Å². The van der Waals surface area contributed by atoms with Gasteiger partial charge in [0.05, 0.1) is 0 Å². The molecule has 1 amide bonds. The van der Waals surface area contributed by atoms with E-state index in [1.54, 1.807) is 11.3 Å². The number of nitrogens with zero attached hydrogens (tertiary/aromatic N) is 5. The highest BCUT2D eigenvalue weighted by Gasteiger charge is 2.27. The van der Waals surface area contributed by atoms with E-state index in [9.17, 15) is 4.79 Å². The summed E-state index contributed by atoms with van der Waals surface area (Å²) in [6, 6.07) is 10.3. The van der Waals surface area contributed by atoms with Gasteiger partial charge < -0.3 is 15.1 Å². The van der Waals surface area contributed by atoms with Crippen molar-refractivity contribution in [2.45, 2.75) is 64.8 Å². The van der Waals surface area contributed by atoms with E-state index in [-0.39, 0.29) is 5.54 Å². The lowest BCUT2D eigenvalue weighted by molar-refractivity contribution is -0.131. The van der Waals surface area contributed by atoms with Crippen LogP contribution in [0.1, 0.15) is 59.3 Å². The van der Waals surface area contributed by atoms with Gasteiger partial charge in [0.2, 0.25) is 16.0 Å². The molecule has 0 bridgehead atoms. The molecule has 3 aromatic rings. The molecule has 0 atom stereocenters. The van der Waals surface area contributed by atoms with Crippen molar-refractivity contribution in [3.8, 4) is 11.3 Å². The normalized spacial score (nSPS) is 17.6. The Morgan fingerprint density at radius 3 is 2.47 bits per heavy atom. The Bertz CT molecular complexity index is 1120. The summed E-state index contributed by atoms with van der Waals surface area (Å²) in [6.45, 7) is 9.63. The van der Waals surface area contributed by atoms with Crippen molar-refractivity contribution in [1.82, 2.24) is 19.5 Å². The number of aromatic nitrogens is 3. The van der Waals surface area contributed by atoms with Crippen molar-refractivity contribution < 1.29 is 4.79 Å². The Labute approximate surface area is 206 Å². The van der Waals surface area contributed by atoms with Crippen LogP contribution in [0, 0.1) is 5.92 Å². The van der Waals surface area contributed by atoms with Gasteiger partial charge in [0.25, 0.3) is 0 Å². The van der Waals surface area contributed by atoms with E-state index >= 15 is 0 Å². The molecule has 1 aliphatic carbocycles. The van der Waals surface area contributed by atoms with Crippen molar-refractivity contribution in [2.75, 3.05) is 36.4 Å². The van der Waals surface area contributed by atoms with E-state index in [1.807, 2.05) is 27.6 Å². The predicted molar refractivity (Wildman–Crippen MR) is 140 cm³/mol. The number of fused-ring (bicyclic) bond motifs is 1. The molecule has 0 radical (unpaired) electrons. The molecule has 1 aliphatic heterocycles. The van der Waals surface area contributed by atoms with Gasteiger partial charge in [-0.2, -0.15) is 4.52 Å². The zero-order valence-electron chi connectivity index (χ0n) is 20.6. The largest absolute Gasteiger partial charge is 0.364 e. The minimum atomic E-state index is -0.117. The molecule has 182 valence electrons. The average molecular weight is 481 g/mol. The van der Waals surface area contributed by atoms with Crippen molar-refractivity contribution in [3.05, 3.63) is 30.3 Å². The number of amides is 1. The summed E-state index contributed by atoms with van der Waals surface area (Å²) in [5.74, 6) is 2.02. The predicted octanol–water partition coefficient (Wildman–Crippen LogP) is 5.29. The van der Waals surface area contributed by atoms with Crippen LogP contribution < -0.4 is 10.2 Å². The summed E-state index contributed by atoms with van der Waals surface area (Å²) in [6.07, 6.45) is 7.08. The molecule has 8 heteroatoms. The quantitative estimate of drug-likeness (QED) is 0.519. The zero-order valence-corrected chi connectivity index (χ0v) is 21.4. The molecule has 7 nitrogen and oxygen atoms in total. The first-order chi connectivity index (χ1) is 16.4. The highest BCUT2D eigenvalue weighted by atomic mass is 32.1. The molecule has 2 aliphatic rings. The Morgan fingerprint density at radius 1 is 1.09 bits per heavy atom. The molecule has 1 saturated carbocycles. The van der Waals surface area contributed by atoms with Crippen LogP contribution in [0.25, 0.3) is 16.2 Å². The van der Waals surface area contributed by atoms with E-state index in [4.69, 9.17) is 10.1 Å². The fraction of sp³-hybridized carbons (Fsp3) is 0.577. The van der Waals surface area contributed by atoms with Crippen molar-refractivity contribution >= 4 is 33.2 Å². The number of piperazine rings is 1. The van der Waals surface area contributed by atoms with Crippen LogP contribution in [0.2, 0.25) is 0 Å². The molecule has 2 aromatic heterocycles. The Kier molecular flexibility index (Phi) is 6.51. The molecule has 34 heavy (non-hydrogen) atoms. The van der Waals surface area contributed by atoms with Gasteiger partial charge in [-0.3, -0.25) is 4.79 Å². The van der Waals surface area contributed by atoms with Gasteiger partial charge in [0.1, 0.15) is 5.69 Å². The lowest BCUT2D eigenvalue weighted by atomic mass is 10.0. The summed E-state index contributed by atoms with van der Waals surface area (Å²) in [5.41, 5.74) is 1.89. The molecule has 0 unspecified atom stereocenters. The Morgan fingerprint density at radius 2 is 1.79 bits per heavy atom. The van der Waals surface area contributed by atoms with Gasteiger partial charge in [-0.05, 0) is 33.1 Å². The SMILES string of the molecule is CC(C)(C)Nc1c(-c2ccccc2)nc2sc(N3CCN(C(=O)CCC4CCCC4)CC3)nn12. The second-order valence-electron chi connectivity index (χ2n) is 10.7. The van der Waals surface area contributed by atoms with Gasteiger partial charge in [-0.1, -0.05) is 67.4 Å². The lowest BCUT2D eigenvalue weighted by Crippen LogP contribution is -2.48. The van der Waals surface area contributed by atoms with E-state index in [2.05, 4.69) is 43.1 Å². The third-order valence-electron chi connectivity index (χ3n) is 6.88. The number of carbonyl (C=O) groups is 1. The molecule has 1 saturated heterocycles. The number of benzene rings is 1. The van der Waals surface area contributed by atoms with Gasteiger partial charge in [0.15, 0.2) is 5.82 Å². The van der Waals surface area contributed by atoms with Crippen LogP contribution >= 0.6 is 11.3 Å². The third-order valence-corrected chi connectivity index (χ3v) is 7.85. The molecule has 1 aromatic carbocycles. The fourth-order valence-electron chi connectivity index (χ4n) is 5.06. The first kappa shape index (κ1) is 23.1. The van der Waals surface area contributed by atoms with E-state index < -0.39 is 0 Å². The number of anilines is 2. The standard InChI is InChI=1S/C26H36N6OS/c1-26(2,3)28-23-22(20-11-5-4-6-12-20)27-24-32(23)29-25(34-24)31-17-15-30(16-18-31)21(33)14-13-19-9-7-8-10-19/h4-6,11-12,19,28H,7-10,13-18H2,1-3H3. The third kappa shape index (κ3) is 5.06. The minimum Gasteiger partial charge on any atom is -0.364 e. The van der Waals surface area contributed by atoms with E-state index in [1.165, 1.54) is 25.7 Å². The number of hydrogen-bond acceptors (Lipinski definition) is 6. The van der Waals surface area contributed by atoms with Crippen molar-refractivity contribution in [2.24, 2.45) is 5.92 Å². The zero-order chi connectivity index (χ0) is 23.7. The van der Waals surface area contributed by atoms with Gasteiger partial charge in [-0.15, -0.1) is 5.10 Å². The van der Waals surface area contributed by atoms with Crippen LogP contribution in [0.4, 0.5) is 10.9 Å². The first-order valence-corrected chi connectivity index (χ1v) is 13.4. The minimum absolute atomic E-state index is 0.117. The smallest absolute Gasteiger partial charge is 0.222 e. The summed E-state index contributed by atoms with van der Waals surface area (Å²) >= 11 is 1.62. The van der Waals surface area contributed by atoms with Gasteiger partial charge >= 0.3 is 0 Å². The van der Waals surface area contributed by atoms with E-state index in [0.29, 0.717) is 12.3 Å². The molecule has 2 fully saturated rings.